The molecular formula is C27H36N3Y. The molecule has 0 aliphatic carbocycles. The summed E-state index contributed by atoms with van der Waals surface area (Å²) in [4.78, 5) is 6.39. The average molecular weight is 492 g/mol. The van der Waals surface area contributed by atoms with E-state index < -0.39 is 0 Å². The summed E-state index contributed by atoms with van der Waals surface area (Å²) in [6, 6.07) is 33.6. The maximum absolute atomic E-state index is 3.16. The molecule has 0 amide bonds. The fourth-order valence-corrected chi connectivity index (χ4v) is 2.61. The molecule has 0 aromatic heterocycles. The van der Waals surface area contributed by atoms with E-state index in [4.69, 9.17) is 0 Å². The van der Waals surface area contributed by atoms with Crippen molar-refractivity contribution < 1.29 is 32.7 Å². The standard InChI is InChI=1S/3C9H12N.Y/c3*1-10(2)8-9-6-4-3-5-7-9;/h3*3-6H,8H2,1-2H3;/q3*-1;+3. The van der Waals surface area contributed by atoms with Gasteiger partial charge in [0, 0.05) is 19.6 Å². The molecule has 4 heteroatoms. The Bertz CT molecular complexity index is 652. The van der Waals surface area contributed by atoms with Crippen molar-refractivity contribution in [1.29, 1.82) is 0 Å². The molecule has 0 radical (unpaired) electrons. The summed E-state index contributed by atoms with van der Waals surface area (Å²) in [5.74, 6) is 0. The summed E-state index contributed by atoms with van der Waals surface area (Å²) in [7, 11) is 12.3. The number of hydrogen-bond donors (Lipinski definition) is 0. The molecule has 0 saturated heterocycles. The van der Waals surface area contributed by atoms with Crippen LogP contribution >= 0.6 is 0 Å². The third-order valence-electron chi connectivity index (χ3n) is 3.78. The normalized spacial score (nSPS) is 9.97. The summed E-state index contributed by atoms with van der Waals surface area (Å²) < 4.78 is 0. The van der Waals surface area contributed by atoms with E-state index in [1.54, 1.807) is 0 Å². The molecule has 3 nitrogen and oxygen atoms in total. The second kappa shape index (κ2) is 18.2. The first kappa shape index (κ1) is 29.6. The quantitative estimate of drug-likeness (QED) is 0.465. The summed E-state index contributed by atoms with van der Waals surface area (Å²) in [5.41, 5.74) is 3.73. The van der Waals surface area contributed by atoms with Crippen molar-refractivity contribution in [3.63, 3.8) is 0 Å². The first-order valence-corrected chi connectivity index (χ1v) is 10.2. The van der Waals surface area contributed by atoms with Crippen molar-refractivity contribution in [1.82, 2.24) is 14.7 Å². The third kappa shape index (κ3) is 16.9. The van der Waals surface area contributed by atoms with Gasteiger partial charge in [0.05, 0.1) is 0 Å². The Balaban J connectivity index is 0.000000429. The van der Waals surface area contributed by atoms with Gasteiger partial charge in [-0.2, -0.15) is 91.0 Å². The first-order chi connectivity index (χ1) is 14.4. The van der Waals surface area contributed by atoms with Crippen LogP contribution in [0.2, 0.25) is 0 Å². The van der Waals surface area contributed by atoms with Crippen LogP contribution < -0.4 is 0 Å². The average Bonchev–Trinajstić information content (AvgIpc) is 2.70. The van der Waals surface area contributed by atoms with Crippen molar-refractivity contribution in [2.45, 2.75) is 19.6 Å². The van der Waals surface area contributed by atoms with Gasteiger partial charge >= 0.3 is 32.7 Å². The Kier molecular flexibility index (Phi) is 17.4. The van der Waals surface area contributed by atoms with E-state index in [1.165, 1.54) is 16.7 Å². The molecule has 0 N–H and O–H groups in total. The van der Waals surface area contributed by atoms with E-state index in [1.807, 2.05) is 54.6 Å². The predicted molar refractivity (Wildman–Crippen MR) is 128 cm³/mol. The van der Waals surface area contributed by atoms with Crippen molar-refractivity contribution in [3.05, 3.63) is 108 Å². The van der Waals surface area contributed by atoms with Gasteiger partial charge in [-0.15, -0.1) is 16.7 Å². The van der Waals surface area contributed by atoms with Crippen LogP contribution in [-0.4, -0.2) is 57.0 Å². The van der Waals surface area contributed by atoms with E-state index in [-0.39, 0.29) is 32.7 Å². The Morgan fingerprint density at radius 3 is 0.903 bits per heavy atom. The Morgan fingerprint density at radius 2 is 0.742 bits per heavy atom. The van der Waals surface area contributed by atoms with Crippen molar-refractivity contribution in [2.75, 3.05) is 42.3 Å². The van der Waals surface area contributed by atoms with E-state index in [0.29, 0.717) is 0 Å². The second-order valence-corrected chi connectivity index (χ2v) is 7.88. The fraction of sp³-hybridized carbons (Fsp3) is 0.333. The van der Waals surface area contributed by atoms with Crippen LogP contribution in [0.25, 0.3) is 0 Å². The van der Waals surface area contributed by atoms with E-state index in [9.17, 15) is 0 Å². The minimum atomic E-state index is 0. The minimum absolute atomic E-state index is 0. The monoisotopic (exact) mass is 491 g/mol. The number of benzene rings is 3. The zero-order valence-electron chi connectivity index (χ0n) is 20.0. The molecule has 3 rings (SSSR count). The molecule has 0 aliphatic rings. The van der Waals surface area contributed by atoms with Gasteiger partial charge in [0.15, 0.2) is 0 Å². The molecule has 0 saturated carbocycles. The van der Waals surface area contributed by atoms with Crippen LogP contribution in [0.5, 0.6) is 0 Å². The van der Waals surface area contributed by atoms with Gasteiger partial charge in [-0.05, 0) is 42.3 Å². The van der Waals surface area contributed by atoms with Crippen LogP contribution in [0.1, 0.15) is 16.7 Å². The van der Waals surface area contributed by atoms with Gasteiger partial charge in [-0.3, -0.25) is 0 Å². The molecule has 0 atom stereocenters. The van der Waals surface area contributed by atoms with Gasteiger partial charge in [-0.1, -0.05) is 0 Å². The summed E-state index contributed by atoms with van der Waals surface area (Å²) in [5, 5.41) is 0. The van der Waals surface area contributed by atoms with Gasteiger partial charge in [-0.25, -0.2) is 0 Å². The van der Waals surface area contributed by atoms with Crippen LogP contribution in [0.3, 0.4) is 0 Å². The molecule has 0 fully saturated rings. The number of nitrogens with zero attached hydrogens (tertiary/aromatic N) is 3. The van der Waals surface area contributed by atoms with Crippen LogP contribution in [-0.2, 0) is 52.3 Å². The van der Waals surface area contributed by atoms with E-state index in [0.717, 1.165) is 19.6 Å². The number of rotatable bonds is 6. The molecule has 0 unspecified atom stereocenters. The van der Waals surface area contributed by atoms with Crippen molar-refractivity contribution in [3.8, 4) is 0 Å². The molecule has 0 spiro atoms. The zero-order valence-corrected chi connectivity index (χ0v) is 22.8. The van der Waals surface area contributed by atoms with Crippen LogP contribution in [0.4, 0.5) is 0 Å². The molecule has 3 aromatic carbocycles. The summed E-state index contributed by atoms with van der Waals surface area (Å²) >= 11 is 0. The molecule has 0 heterocycles. The van der Waals surface area contributed by atoms with Crippen molar-refractivity contribution >= 4 is 0 Å². The molecule has 3 aromatic rings. The summed E-state index contributed by atoms with van der Waals surface area (Å²) in [6.07, 6.45) is 0. The first-order valence-electron chi connectivity index (χ1n) is 10.2. The smallest absolute Gasteiger partial charge is 0.307 e. The molecular weight excluding hydrogens is 455 g/mol. The largest absolute Gasteiger partial charge is 3.00 e. The molecule has 0 bridgehead atoms. The molecule has 31 heavy (non-hydrogen) atoms. The van der Waals surface area contributed by atoms with Crippen molar-refractivity contribution in [2.24, 2.45) is 0 Å². The van der Waals surface area contributed by atoms with Crippen LogP contribution in [0, 0.1) is 18.2 Å². The zero-order chi connectivity index (χ0) is 22.2. The SMILES string of the molecule is CN(C)Cc1[c-]cccc1.CN(C)Cc1[c-]cccc1.CN(C)Cc1[c-]cccc1.[Y+3]. The molecule has 0 aliphatic heterocycles. The van der Waals surface area contributed by atoms with Gasteiger partial charge in [0.1, 0.15) is 0 Å². The Hall–Kier alpha value is -1.36. The van der Waals surface area contributed by atoms with Gasteiger partial charge in [0.2, 0.25) is 0 Å². The van der Waals surface area contributed by atoms with E-state index >= 15 is 0 Å². The Labute approximate surface area is 216 Å². The maximum atomic E-state index is 3.16. The predicted octanol–water partition coefficient (Wildman–Crippen LogP) is 4.64. The van der Waals surface area contributed by atoms with E-state index in [2.05, 4.69) is 93.4 Å². The minimum Gasteiger partial charge on any atom is -0.307 e. The fourth-order valence-electron chi connectivity index (χ4n) is 2.61. The second-order valence-electron chi connectivity index (χ2n) is 7.88. The Morgan fingerprint density at radius 1 is 0.484 bits per heavy atom. The third-order valence-corrected chi connectivity index (χ3v) is 3.78. The van der Waals surface area contributed by atoms with Gasteiger partial charge < -0.3 is 14.7 Å². The number of hydrogen-bond acceptors (Lipinski definition) is 3. The van der Waals surface area contributed by atoms with Crippen LogP contribution in [0.15, 0.2) is 72.8 Å². The topological polar surface area (TPSA) is 9.72 Å². The maximum Gasteiger partial charge on any atom is 3.00 e. The molecule has 162 valence electrons. The van der Waals surface area contributed by atoms with Gasteiger partial charge in [0.25, 0.3) is 0 Å². The summed E-state index contributed by atoms with van der Waals surface area (Å²) in [6.45, 7) is 2.92.